The van der Waals surface area contributed by atoms with Gasteiger partial charge in [0.2, 0.25) is 0 Å². The van der Waals surface area contributed by atoms with Crippen molar-refractivity contribution >= 4 is 8.80 Å². The molecule has 0 spiro atoms. The third-order valence-corrected chi connectivity index (χ3v) is 8.59. The number of aliphatic hydroxyl groups is 2. The van der Waals surface area contributed by atoms with Gasteiger partial charge in [-0.3, -0.25) is 0 Å². The molecule has 0 amide bonds. The van der Waals surface area contributed by atoms with Crippen LogP contribution in [-0.4, -0.2) is 31.2 Å². The minimum atomic E-state index is -0.778. The maximum atomic E-state index is 10.1. The van der Waals surface area contributed by atoms with Crippen molar-refractivity contribution in [2.75, 3.05) is 0 Å². The molecule has 0 unspecified atom stereocenters. The Kier molecular flexibility index (Phi) is 7.30. The third kappa shape index (κ3) is 4.98. The predicted octanol–water partition coefficient (Wildman–Crippen LogP) is 5.18. The summed E-state index contributed by atoms with van der Waals surface area (Å²) < 4.78 is 0. The second-order valence-corrected chi connectivity index (χ2v) is 12.9. The normalized spacial score (nSPS) is 38.8. The molecule has 0 aromatic carbocycles. The van der Waals surface area contributed by atoms with E-state index in [0.29, 0.717) is 30.1 Å². The van der Waals surface area contributed by atoms with Crippen molar-refractivity contribution in [3.63, 3.8) is 0 Å². The molecule has 6 atom stereocenters. The zero-order chi connectivity index (χ0) is 21.2. The molecule has 3 rings (SSSR count). The number of rotatable bonds is 3. The Balaban J connectivity index is 1.76. The van der Waals surface area contributed by atoms with Crippen molar-refractivity contribution in [3.8, 4) is 11.5 Å². The number of fused-ring (bicyclic) bond motifs is 1. The Bertz CT molecular complexity index is 738. The van der Waals surface area contributed by atoms with Crippen LogP contribution < -0.4 is 0 Å². The van der Waals surface area contributed by atoms with E-state index >= 15 is 0 Å². The second kappa shape index (κ2) is 9.37. The van der Waals surface area contributed by atoms with E-state index < -0.39 is 21.0 Å². The predicted molar refractivity (Wildman–Crippen MR) is 125 cm³/mol. The van der Waals surface area contributed by atoms with Gasteiger partial charge in [0.05, 0.1) is 12.2 Å². The summed E-state index contributed by atoms with van der Waals surface area (Å²) in [7, 11) is -0.778. The summed E-state index contributed by atoms with van der Waals surface area (Å²) in [6.07, 6.45) is 11.9. The van der Waals surface area contributed by atoms with E-state index in [9.17, 15) is 10.2 Å². The monoisotopic (exact) mass is 412 g/mol. The van der Waals surface area contributed by atoms with Gasteiger partial charge in [-0.1, -0.05) is 51.2 Å². The molecule has 2 nitrogen and oxygen atoms in total. The van der Waals surface area contributed by atoms with Gasteiger partial charge in [0, 0.05) is 12.8 Å². The van der Waals surface area contributed by atoms with Gasteiger partial charge in [-0.15, -0.1) is 11.5 Å². The van der Waals surface area contributed by atoms with Crippen LogP contribution >= 0.6 is 0 Å². The number of hydrogen-bond donors (Lipinski definition) is 2. The molecule has 3 aliphatic carbocycles. The van der Waals surface area contributed by atoms with E-state index in [1.54, 1.807) is 5.57 Å². The van der Waals surface area contributed by atoms with Crippen molar-refractivity contribution in [1.29, 1.82) is 0 Å². The molecule has 0 bridgehead atoms. The van der Waals surface area contributed by atoms with Gasteiger partial charge >= 0.3 is 0 Å². The Labute approximate surface area is 179 Å². The zero-order valence-corrected chi connectivity index (χ0v) is 20.0. The Morgan fingerprint density at radius 3 is 2.76 bits per heavy atom. The molecule has 0 radical (unpaired) electrons. The van der Waals surface area contributed by atoms with Crippen molar-refractivity contribution < 1.29 is 10.2 Å². The molecular formula is C26H40O2Si. The lowest BCUT2D eigenvalue weighted by Crippen LogP contribution is -2.35. The smallest absolute Gasteiger partial charge is 0.116 e. The molecule has 0 aromatic rings. The first-order valence-corrected chi connectivity index (χ1v) is 14.5. The fourth-order valence-corrected chi connectivity index (χ4v) is 6.77. The summed E-state index contributed by atoms with van der Waals surface area (Å²) >= 11 is 0. The van der Waals surface area contributed by atoms with E-state index in [4.69, 9.17) is 0 Å². The molecule has 0 heterocycles. The topological polar surface area (TPSA) is 40.5 Å². The van der Waals surface area contributed by atoms with Gasteiger partial charge in [0.15, 0.2) is 0 Å². The van der Waals surface area contributed by atoms with Gasteiger partial charge in [0.1, 0.15) is 8.80 Å². The minimum absolute atomic E-state index is 0.390. The maximum absolute atomic E-state index is 10.1. The van der Waals surface area contributed by atoms with Crippen LogP contribution in [0.1, 0.15) is 65.2 Å². The van der Waals surface area contributed by atoms with E-state index in [0.717, 1.165) is 23.5 Å². The summed E-state index contributed by atoms with van der Waals surface area (Å²) in [5.74, 6) is 5.60. The van der Waals surface area contributed by atoms with Crippen molar-refractivity contribution in [2.45, 2.75) is 90.5 Å². The minimum Gasteiger partial charge on any atom is -0.393 e. The average molecular weight is 413 g/mol. The average Bonchev–Trinajstić information content (AvgIpc) is 3.00. The van der Waals surface area contributed by atoms with Gasteiger partial charge in [0.25, 0.3) is 0 Å². The van der Waals surface area contributed by atoms with E-state index in [1.165, 1.54) is 32.1 Å². The van der Waals surface area contributed by atoms with Crippen LogP contribution in [0.3, 0.4) is 0 Å². The fraction of sp³-hybridized carbons (Fsp3) is 0.692. The highest BCUT2D eigenvalue weighted by Gasteiger charge is 2.50. The molecule has 3 saturated carbocycles. The highest BCUT2D eigenvalue weighted by molar-refractivity contribution is 6.64. The molecule has 0 aromatic heterocycles. The highest BCUT2D eigenvalue weighted by Crippen LogP contribution is 2.59. The SMILES string of the molecule is C=C1/C(=C\C=C2/CCC[C@]3(C)[C@@H]([C@H](C)CC#C[SiH](C)C)CC[C@@H]23)C[C@@H](O)C[C@@H]1O. The number of aliphatic hydroxyl groups excluding tert-OH is 2. The van der Waals surface area contributed by atoms with Crippen LogP contribution in [0.25, 0.3) is 0 Å². The Morgan fingerprint density at radius 1 is 1.28 bits per heavy atom. The first kappa shape index (κ1) is 22.6. The number of allylic oxidation sites excluding steroid dienone is 3. The molecule has 3 heteroatoms. The quantitative estimate of drug-likeness (QED) is 0.495. The number of hydrogen-bond acceptors (Lipinski definition) is 2. The molecule has 0 aliphatic heterocycles. The van der Waals surface area contributed by atoms with Crippen molar-refractivity contribution in [2.24, 2.45) is 23.2 Å². The molecule has 3 aliphatic rings. The summed E-state index contributed by atoms with van der Waals surface area (Å²) in [4.78, 5) is 0. The first-order valence-electron chi connectivity index (χ1n) is 11.7. The second-order valence-electron chi connectivity index (χ2n) is 10.3. The van der Waals surface area contributed by atoms with E-state index in [-0.39, 0.29) is 0 Å². The van der Waals surface area contributed by atoms with Crippen molar-refractivity contribution in [3.05, 3.63) is 35.5 Å². The first-order chi connectivity index (χ1) is 13.7. The summed E-state index contributed by atoms with van der Waals surface area (Å²) in [6, 6.07) is 0. The van der Waals surface area contributed by atoms with E-state index in [1.807, 2.05) is 0 Å². The van der Waals surface area contributed by atoms with Crippen LogP contribution in [0, 0.1) is 34.6 Å². The largest absolute Gasteiger partial charge is 0.393 e. The zero-order valence-electron chi connectivity index (χ0n) is 18.9. The van der Waals surface area contributed by atoms with Crippen LogP contribution in [0.2, 0.25) is 13.1 Å². The summed E-state index contributed by atoms with van der Waals surface area (Å²) in [5, 5.41) is 20.1. The maximum Gasteiger partial charge on any atom is 0.116 e. The molecule has 160 valence electrons. The Hall–Kier alpha value is -1.08. The fourth-order valence-electron chi connectivity index (χ4n) is 6.25. The van der Waals surface area contributed by atoms with Crippen molar-refractivity contribution in [1.82, 2.24) is 0 Å². The lowest BCUT2D eigenvalue weighted by Gasteiger charge is -2.44. The van der Waals surface area contributed by atoms with E-state index in [2.05, 4.69) is 57.1 Å². The van der Waals surface area contributed by atoms with Crippen LogP contribution in [0.5, 0.6) is 0 Å². The van der Waals surface area contributed by atoms with Crippen LogP contribution in [0.15, 0.2) is 35.5 Å². The standard InChI is InChI=1S/C26H40O2Si/c1-18(8-7-15-29(4)5)23-12-13-24-20(9-6-14-26(23,24)3)10-11-21-16-22(27)17-25(28)19(21)2/h10-11,18,22-25,27-29H,2,6,8-9,12-14,16-17H2,1,3-5H3/b20-10+,21-11-/t18-,22-,23-,24+,25+,26-/m1/s1. The lowest BCUT2D eigenvalue weighted by atomic mass is 9.61. The molecule has 0 saturated heterocycles. The summed E-state index contributed by atoms with van der Waals surface area (Å²) in [6.45, 7) is 13.6. The third-order valence-electron chi connectivity index (χ3n) is 7.80. The molecule has 3 fully saturated rings. The molecular weight excluding hydrogens is 372 g/mol. The van der Waals surface area contributed by atoms with Gasteiger partial charge in [-0.05, 0) is 72.8 Å². The van der Waals surface area contributed by atoms with Gasteiger partial charge < -0.3 is 10.2 Å². The molecule has 29 heavy (non-hydrogen) atoms. The molecule has 2 N–H and O–H groups in total. The van der Waals surface area contributed by atoms with Crippen LogP contribution in [-0.2, 0) is 0 Å². The lowest BCUT2D eigenvalue weighted by molar-refractivity contribution is 0.0862. The van der Waals surface area contributed by atoms with Gasteiger partial charge in [-0.25, -0.2) is 0 Å². The summed E-state index contributed by atoms with van der Waals surface area (Å²) in [5.41, 5.74) is 7.25. The van der Waals surface area contributed by atoms with Crippen LogP contribution in [0.4, 0.5) is 0 Å². The Morgan fingerprint density at radius 2 is 2.03 bits per heavy atom. The highest BCUT2D eigenvalue weighted by atomic mass is 28.3. The van der Waals surface area contributed by atoms with Gasteiger partial charge in [-0.2, -0.15) is 0 Å².